The van der Waals surface area contributed by atoms with Gasteiger partial charge in [-0.15, -0.1) is 0 Å². The molecule has 2 heterocycles. The summed E-state index contributed by atoms with van der Waals surface area (Å²) in [5.74, 6) is -1.27. The van der Waals surface area contributed by atoms with E-state index in [0.29, 0.717) is 5.56 Å². The first kappa shape index (κ1) is 12.3. The highest BCUT2D eigenvalue weighted by molar-refractivity contribution is 6.08. The number of hydrogen-bond acceptors (Lipinski definition) is 4. The van der Waals surface area contributed by atoms with Crippen LogP contribution in [0.1, 0.15) is 30.0 Å². The number of carbonyl (C=O) groups is 3. The lowest BCUT2D eigenvalue weighted by Crippen LogP contribution is -2.65. The third-order valence-corrected chi connectivity index (χ3v) is 3.09. The third kappa shape index (κ3) is 1.79. The minimum Gasteiger partial charge on any atom is -0.459 e. The van der Waals surface area contributed by atoms with E-state index < -0.39 is 23.3 Å². The van der Waals surface area contributed by atoms with E-state index >= 15 is 0 Å². The fourth-order valence-electron chi connectivity index (χ4n) is 1.82. The van der Waals surface area contributed by atoms with Gasteiger partial charge in [0.15, 0.2) is 5.76 Å². The fraction of sp³-hybridized carbons (Fsp3) is 0.417. The zero-order chi connectivity index (χ0) is 13.5. The normalized spacial score (nSPS) is 18.7. The van der Waals surface area contributed by atoms with E-state index in [1.807, 2.05) is 0 Å². The first-order valence-electron chi connectivity index (χ1n) is 5.54. The number of piperazine rings is 1. The van der Waals surface area contributed by atoms with Gasteiger partial charge in [0.05, 0.1) is 6.26 Å². The number of carbonyl (C=O) groups excluding carboxylic acids is 3. The minimum atomic E-state index is -1.08. The van der Waals surface area contributed by atoms with E-state index in [-0.39, 0.29) is 12.3 Å². The first-order chi connectivity index (χ1) is 8.34. The maximum Gasteiger partial charge on any atom is 0.291 e. The van der Waals surface area contributed by atoms with Crippen LogP contribution in [-0.2, 0) is 9.59 Å². The molecule has 96 valence electrons. The Morgan fingerprint density at radius 3 is 2.67 bits per heavy atom. The number of nitrogens with zero attached hydrogens (tertiary/aromatic N) is 1. The zero-order valence-corrected chi connectivity index (χ0v) is 10.4. The molecule has 0 atom stereocenters. The standard InChI is InChI=1S/C12H14N2O4/c1-7-4-5-18-9(7)10(16)14-6-8(15)13-11(17)12(14,2)3/h4-5H,6H2,1-3H3,(H,13,15,17). The highest BCUT2D eigenvalue weighted by Gasteiger charge is 2.44. The quantitative estimate of drug-likeness (QED) is 0.734. The largest absolute Gasteiger partial charge is 0.459 e. The molecule has 0 saturated carbocycles. The second kappa shape index (κ2) is 3.97. The Morgan fingerprint density at radius 2 is 2.11 bits per heavy atom. The Hall–Kier alpha value is -2.11. The van der Waals surface area contributed by atoms with Crippen LogP contribution in [-0.4, -0.2) is 34.7 Å². The van der Waals surface area contributed by atoms with Gasteiger partial charge in [-0.05, 0) is 26.8 Å². The molecule has 0 aromatic carbocycles. The van der Waals surface area contributed by atoms with Gasteiger partial charge in [-0.1, -0.05) is 0 Å². The molecule has 0 aliphatic carbocycles. The third-order valence-electron chi connectivity index (χ3n) is 3.09. The lowest BCUT2D eigenvalue weighted by molar-refractivity contribution is -0.143. The van der Waals surface area contributed by atoms with Gasteiger partial charge in [-0.3, -0.25) is 19.7 Å². The minimum absolute atomic E-state index is 0.155. The molecule has 0 bridgehead atoms. The molecule has 0 unspecified atom stereocenters. The number of amides is 3. The van der Waals surface area contributed by atoms with Crippen LogP contribution in [0.3, 0.4) is 0 Å². The average Bonchev–Trinajstić information content (AvgIpc) is 2.69. The van der Waals surface area contributed by atoms with Crippen LogP contribution in [0.5, 0.6) is 0 Å². The summed E-state index contributed by atoms with van der Waals surface area (Å²) in [6.45, 7) is 4.75. The molecule has 3 amide bonds. The van der Waals surface area contributed by atoms with Gasteiger partial charge in [-0.25, -0.2) is 0 Å². The number of rotatable bonds is 1. The Morgan fingerprint density at radius 1 is 1.44 bits per heavy atom. The van der Waals surface area contributed by atoms with E-state index in [2.05, 4.69) is 5.32 Å². The highest BCUT2D eigenvalue weighted by Crippen LogP contribution is 2.22. The summed E-state index contributed by atoms with van der Waals surface area (Å²) in [4.78, 5) is 36.6. The van der Waals surface area contributed by atoms with E-state index in [9.17, 15) is 14.4 Å². The molecule has 6 heteroatoms. The molecule has 1 aliphatic rings. The molecule has 2 rings (SSSR count). The SMILES string of the molecule is Cc1ccoc1C(=O)N1CC(=O)NC(=O)C1(C)C. The molecule has 1 saturated heterocycles. The Labute approximate surface area is 104 Å². The number of hydrogen-bond donors (Lipinski definition) is 1. The monoisotopic (exact) mass is 250 g/mol. The summed E-state index contributed by atoms with van der Waals surface area (Å²) in [6.07, 6.45) is 1.40. The maximum atomic E-state index is 12.3. The van der Waals surface area contributed by atoms with Crippen molar-refractivity contribution in [1.29, 1.82) is 0 Å². The Balaban J connectivity index is 2.37. The summed E-state index contributed by atoms with van der Waals surface area (Å²) >= 11 is 0. The zero-order valence-electron chi connectivity index (χ0n) is 10.4. The van der Waals surface area contributed by atoms with Gasteiger partial charge in [0.2, 0.25) is 5.91 Å². The summed E-state index contributed by atoms with van der Waals surface area (Å²) in [6, 6.07) is 1.66. The molecule has 0 radical (unpaired) electrons. The molecule has 1 fully saturated rings. The molecule has 6 nitrogen and oxygen atoms in total. The lowest BCUT2D eigenvalue weighted by atomic mass is 9.98. The number of nitrogens with one attached hydrogen (secondary N) is 1. The van der Waals surface area contributed by atoms with Gasteiger partial charge in [-0.2, -0.15) is 0 Å². The Bertz CT molecular complexity index is 530. The van der Waals surface area contributed by atoms with Crippen molar-refractivity contribution in [3.63, 3.8) is 0 Å². The van der Waals surface area contributed by atoms with Crippen molar-refractivity contribution in [1.82, 2.24) is 10.2 Å². The predicted octanol–water partition coefficient (Wildman–Crippen LogP) is 0.465. The molecule has 18 heavy (non-hydrogen) atoms. The molecular weight excluding hydrogens is 236 g/mol. The van der Waals surface area contributed by atoms with Crippen LogP contribution in [0.15, 0.2) is 16.7 Å². The topological polar surface area (TPSA) is 79.6 Å². The van der Waals surface area contributed by atoms with E-state index in [1.165, 1.54) is 11.2 Å². The molecule has 1 aromatic heterocycles. The fourth-order valence-corrected chi connectivity index (χ4v) is 1.82. The molecule has 1 aliphatic heterocycles. The van der Waals surface area contributed by atoms with Crippen molar-refractivity contribution < 1.29 is 18.8 Å². The molecule has 1 aromatic rings. The smallest absolute Gasteiger partial charge is 0.291 e. The van der Waals surface area contributed by atoms with E-state index in [4.69, 9.17) is 4.42 Å². The Kier molecular flexibility index (Phi) is 2.73. The van der Waals surface area contributed by atoms with Gasteiger partial charge in [0.25, 0.3) is 11.8 Å². The number of imide groups is 1. The van der Waals surface area contributed by atoms with Gasteiger partial charge in [0.1, 0.15) is 12.1 Å². The summed E-state index contributed by atoms with van der Waals surface area (Å²) in [5.41, 5.74) is -0.404. The number of furan rings is 1. The van der Waals surface area contributed by atoms with Crippen LogP contribution in [0, 0.1) is 6.92 Å². The average molecular weight is 250 g/mol. The van der Waals surface area contributed by atoms with Crippen LogP contribution < -0.4 is 5.32 Å². The second-order valence-corrected chi connectivity index (χ2v) is 4.76. The molecule has 1 N–H and O–H groups in total. The molecular formula is C12H14N2O4. The van der Waals surface area contributed by atoms with Crippen LogP contribution >= 0.6 is 0 Å². The number of aryl methyl sites for hydroxylation is 1. The summed E-state index contributed by atoms with van der Waals surface area (Å²) < 4.78 is 5.11. The summed E-state index contributed by atoms with van der Waals surface area (Å²) in [5, 5.41) is 2.21. The van der Waals surface area contributed by atoms with Crippen molar-refractivity contribution >= 4 is 17.7 Å². The van der Waals surface area contributed by atoms with Crippen LogP contribution in [0.2, 0.25) is 0 Å². The van der Waals surface area contributed by atoms with Crippen LogP contribution in [0.4, 0.5) is 0 Å². The van der Waals surface area contributed by atoms with Crippen molar-refractivity contribution in [2.75, 3.05) is 6.54 Å². The predicted molar refractivity (Wildman–Crippen MR) is 61.7 cm³/mol. The van der Waals surface area contributed by atoms with Crippen LogP contribution in [0.25, 0.3) is 0 Å². The van der Waals surface area contributed by atoms with Crippen molar-refractivity contribution in [2.45, 2.75) is 26.3 Å². The van der Waals surface area contributed by atoms with E-state index in [1.54, 1.807) is 26.8 Å². The lowest BCUT2D eigenvalue weighted by Gasteiger charge is -2.39. The van der Waals surface area contributed by atoms with Crippen molar-refractivity contribution in [2.24, 2.45) is 0 Å². The second-order valence-electron chi connectivity index (χ2n) is 4.76. The summed E-state index contributed by atoms with van der Waals surface area (Å²) in [7, 11) is 0. The first-order valence-corrected chi connectivity index (χ1v) is 5.54. The van der Waals surface area contributed by atoms with Gasteiger partial charge < -0.3 is 9.32 Å². The van der Waals surface area contributed by atoms with Gasteiger partial charge >= 0.3 is 0 Å². The maximum absolute atomic E-state index is 12.3. The highest BCUT2D eigenvalue weighted by atomic mass is 16.3. The van der Waals surface area contributed by atoms with E-state index in [0.717, 1.165) is 0 Å². The van der Waals surface area contributed by atoms with Crippen molar-refractivity contribution in [3.8, 4) is 0 Å². The molecule has 0 spiro atoms. The van der Waals surface area contributed by atoms with Gasteiger partial charge in [0, 0.05) is 5.56 Å². The van der Waals surface area contributed by atoms with Crippen molar-refractivity contribution in [3.05, 3.63) is 23.7 Å².